The number of hydrogen-bond donors (Lipinski definition) is 0. The highest BCUT2D eigenvalue weighted by molar-refractivity contribution is 9.09. The fourth-order valence-electron chi connectivity index (χ4n) is 1.95. The minimum atomic E-state index is 0.606. The largest absolute Gasteiger partial charge is 0.266 e. The van der Waals surface area contributed by atoms with Crippen LogP contribution in [0, 0.1) is 0 Å². The van der Waals surface area contributed by atoms with Gasteiger partial charge in [-0.3, -0.25) is 4.68 Å². The van der Waals surface area contributed by atoms with Gasteiger partial charge in [-0.15, -0.1) is 5.10 Å². The maximum absolute atomic E-state index is 6.37. The fourth-order valence-corrected chi connectivity index (χ4v) is 2.68. The van der Waals surface area contributed by atoms with Crippen LogP contribution in [0.3, 0.4) is 0 Å². The molecule has 0 spiro atoms. The van der Waals surface area contributed by atoms with Gasteiger partial charge in [-0.2, -0.15) is 5.10 Å². The second-order valence-electron chi connectivity index (χ2n) is 4.22. The number of rotatable bonds is 6. The first-order valence-electron chi connectivity index (χ1n) is 6.38. The first kappa shape index (κ1) is 14.5. The molecule has 2 rings (SSSR count). The monoisotopic (exact) mass is 345 g/mol. The van der Waals surface area contributed by atoms with Crippen LogP contribution in [-0.2, 0) is 25.9 Å². The molecule has 0 N–H and O–H groups in total. The summed E-state index contributed by atoms with van der Waals surface area (Å²) in [5, 5.41) is 14.4. The quantitative estimate of drug-likeness (QED) is 0.756. The van der Waals surface area contributed by atoms with E-state index in [1.807, 2.05) is 15.6 Å². The number of aryl methyl sites for hydroxylation is 3. The van der Waals surface area contributed by atoms with Crippen molar-refractivity contribution in [1.82, 2.24) is 24.8 Å². The molecule has 5 nitrogen and oxygen atoms in total. The lowest BCUT2D eigenvalue weighted by atomic mass is 10.3. The van der Waals surface area contributed by atoms with E-state index in [4.69, 9.17) is 11.6 Å². The average molecular weight is 347 g/mol. The van der Waals surface area contributed by atoms with E-state index in [1.165, 1.54) is 0 Å². The zero-order valence-corrected chi connectivity index (χ0v) is 13.4. The first-order chi connectivity index (χ1) is 9.19. The molecule has 0 aliphatic rings. The van der Waals surface area contributed by atoms with Crippen molar-refractivity contribution in [1.29, 1.82) is 0 Å². The maximum atomic E-state index is 6.37. The van der Waals surface area contributed by atoms with Gasteiger partial charge in [-0.1, -0.05) is 39.7 Å². The SMILES string of the molecule is CCc1nn(CC)c(Cn2cc(CCBr)nn2)c1Cl. The molecule has 0 unspecified atom stereocenters. The van der Waals surface area contributed by atoms with Crippen LogP contribution in [-0.4, -0.2) is 30.1 Å². The zero-order valence-electron chi connectivity index (χ0n) is 11.1. The molecular weight excluding hydrogens is 330 g/mol. The molecule has 0 saturated heterocycles. The van der Waals surface area contributed by atoms with Crippen LogP contribution in [0.5, 0.6) is 0 Å². The molecule has 7 heteroatoms. The van der Waals surface area contributed by atoms with E-state index in [2.05, 4.69) is 45.2 Å². The molecule has 0 aromatic carbocycles. The summed E-state index contributed by atoms with van der Waals surface area (Å²) < 4.78 is 3.75. The number of nitrogens with zero attached hydrogens (tertiary/aromatic N) is 5. The van der Waals surface area contributed by atoms with E-state index >= 15 is 0 Å². The first-order valence-corrected chi connectivity index (χ1v) is 7.88. The molecule has 0 bridgehead atoms. The Kier molecular flexibility index (Phi) is 4.99. The lowest BCUT2D eigenvalue weighted by Crippen LogP contribution is -2.08. The molecule has 2 aromatic rings. The van der Waals surface area contributed by atoms with Gasteiger partial charge >= 0.3 is 0 Å². The molecule has 0 aliphatic heterocycles. The van der Waals surface area contributed by atoms with Gasteiger partial charge in [0.2, 0.25) is 0 Å². The summed E-state index contributed by atoms with van der Waals surface area (Å²) in [4.78, 5) is 0. The van der Waals surface area contributed by atoms with E-state index < -0.39 is 0 Å². The Hall–Kier alpha value is -0.880. The van der Waals surface area contributed by atoms with E-state index in [0.717, 1.165) is 46.8 Å². The molecule has 2 heterocycles. The van der Waals surface area contributed by atoms with Crippen molar-refractivity contribution in [3.05, 3.63) is 28.3 Å². The number of aromatic nitrogens is 5. The Morgan fingerprint density at radius 2 is 2.16 bits per heavy atom. The second kappa shape index (κ2) is 6.52. The summed E-state index contributed by atoms with van der Waals surface area (Å²) >= 11 is 9.77. The molecule has 0 radical (unpaired) electrons. The molecule has 2 aromatic heterocycles. The van der Waals surface area contributed by atoms with Crippen molar-refractivity contribution in [2.24, 2.45) is 0 Å². The lowest BCUT2D eigenvalue weighted by molar-refractivity contribution is 0.564. The normalized spacial score (nSPS) is 11.2. The van der Waals surface area contributed by atoms with Crippen LogP contribution < -0.4 is 0 Å². The predicted octanol–water partition coefficient (Wildman–Crippen LogP) is 2.70. The average Bonchev–Trinajstić information content (AvgIpc) is 2.97. The summed E-state index contributed by atoms with van der Waals surface area (Å²) in [6.45, 7) is 5.53. The van der Waals surface area contributed by atoms with E-state index in [-0.39, 0.29) is 0 Å². The molecular formula is C12H17BrClN5. The van der Waals surface area contributed by atoms with Gasteiger partial charge < -0.3 is 0 Å². The van der Waals surface area contributed by atoms with Gasteiger partial charge in [-0.25, -0.2) is 4.68 Å². The van der Waals surface area contributed by atoms with Gasteiger partial charge in [0.15, 0.2) is 0 Å². The number of hydrogen-bond acceptors (Lipinski definition) is 3. The highest BCUT2D eigenvalue weighted by Crippen LogP contribution is 2.22. The lowest BCUT2D eigenvalue weighted by Gasteiger charge is -2.04. The zero-order chi connectivity index (χ0) is 13.8. The van der Waals surface area contributed by atoms with Crippen LogP contribution in [0.15, 0.2) is 6.20 Å². The van der Waals surface area contributed by atoms with E-state index in [1.54, 1.807) is 0 Å². The van der Waals surface area contributed by atoms with Crippen molar-refractivity contribution in [3.8, 4) is 0 Å². The Morgan fingerprint density at radius 3 is 2.79 bits per heavy atom. The van der Waals surface area contributed by atoms with Crippen LogP contribution in [0.25, 0.3) is 0 Å². The van der Waals surface area contributed by atoms with Gasteiger partial charge in [0.05, 0.1) is 28.6 Å². The topological polar surface area (TPSA) is 48.5 Å². The van der Waals surface area contributed by atoms with Crippen LogP contribution in [0.2, 0.25) is 5.02 Å². The summed E-state index contributed by atoms with van der Waals surface area (Å²) in [6, 6.07) is 0. The Balaban J connectivity index is 2.23. The smallest absolute Gasteiger partial charge is 0.0869 e. The maximum Gasteiger partial charge on any atom is 0.0869 e. The Bertz CT molecular complexity index is 548. The van der Waals surface area contributed by atoms with Crippen molar-refractivity contribution >= 4 is 27.5 Å². The van der Waals surface area contributed by atoms with Crippen molar-refractivity contribution in [2.75, 3.05) is 5.33 Å². The Morgan fingerprint density at radius 1 is 1.37 bits per heavy atom. The highest BCUT2D eigenvalue weighted by atomic mass is 79.9. The third-order valence-electron chi connectivity index (χ3n) is 2.94. The third kappa shape index (κ3) is 3.17. The molecule has 104 valence electrons. The molecule has 0 amide bonds. The van der Waals surface area contributed by atoms with Crippen LogP contribution >= 0.6 is 27.5 Å². The Labute approximate surface area is 126 Å². The van der Waals surface area contributed by atoms with Crippen LogP contribution in [0.1, 0.15) is 30.9 Å². The molecule has 0 atom stereocenters. The van der Waals surface area contributed by atoms with Crippen molar-refractivity contribution in [3.63, 3.8) is 0 Å². The molecule has 0 fully saturated rings. The van der Waals surface area contributed by atoms with Gasteiger partial charge in [0, 0.05) is 24.5 Å². The summed E-state index contributed by atoms with van der Waals surface area (Å²) in [6.07, 6.45) is 3.67. The summed E-state index contributed by atoms with van der Waals surface area (Å²) in [7, 11) is 0. The van der Waals surface area contributed by atoms with Gasteiger partial charge in [0.25, 0.3) is 0 Å². The van der Waals surface area contributed by atoms with Gasteiger partial charge in [-0.05, 0) is 13.3 Å². The van der Waals surface area contributed by atoms with Crippen molar-refractivity contribution < 1.29 is 0 Å². The molecule has 0 saturated carbocycles. The molecule has 0 aliphatic carbocycles. The van der Waals surface area contributed by atoms with E-state index in [0.29, 0.717) is 6.54 Å². The minimum absolute atomic E-state index is 0.606. The fraction of sp³-hybridized carbons (Fsp3) is 0.583. The predicted molar refractivity (Wildman–Crippen MR) is 78.9 cm³/mol. The van der Waals surface area contributed by atoms with Crippen LogP contribution in [0.4, 0.5) is 0 Å². The standard InChI is InChI=1S/C12H17BrClN5/c1-3-10-12(14)11(19(4-2)16-10)8-18-7-9(5-6-13)15-17-18/h7H,3-6,8H2,1-2H3. The summed E-state index contributed by atoms with van der Waals surface area (Å²) in [5.41, 5.74) is 2.92. The third-order valence-corrected chi connectivity index (χ3v) is 3.78. The van der Waals surface area contributed by atoms with E-state index in [9.17, 15) is 0 Å². The minimum Gasteiger partial charge on any atom is -0.266 e. The van der Waals surface area contributed by atoms with Gasteiger partial charge in [0.1, 0.15) is 0 Å². The summed E-state index contributed by atoms with van der Waals surface area (Å²) in [5.74, 6) is 0. The van der Waals surface area contributed by atoms with Crippen molar-refractivity contribution in [2.45, 2.75) is 39.8 Å². The number of alkyl halides is 1. The highest BCUT2D eigenvalue weighted by Gasteiger charge is 2.15. The molecule has 19 heavy (non-hydrogen) atoms. The number of halogens is 2. The second-order valence-corrected chi connectivity index (χ2v) is 5.39.